The molecule has 0 saturated heterocycles. The zero-order valence-corrected chi connectivity index (χ0v) is 13.6. The van der Waals surface area contributed by atoms with E-state index in [4.69, 9.17) is 4.55 Å². The van der Waals surface area contributed by atoms with Crippen molar-refractivity contribution in [2.75, 3.05) is 11.9 Å². The fraction of sp³-hybridized carbons (Fsp3) is 0.400. The summed E-state index contributed by atoms with van der Waals surface area (Å²) in [4.78, 5) is 9.64. The largest absolute Gasteiger partial charge is 0.379 e. The predicted molar refractivity (Wildman–Crippen MR) is 72.1 cm³/mol. The van der Waals surface area contributed by atoms with E-state index >= 15 is 0 Å². The number of unbranched alkanes of at least 4 members (excludes halogenated alkanes) is 1. The van der Waals surface area contributed by atoms with Gasteiger partial charge in [-0.2, -0.15) is 8.42 Å². The molecule has 1 radical (unpaired) electrons. The SMILES string of the molecule is CCCCNc1ccc(S(=O)(=O)O)cc1[N+](=O)[O-].[Na]. The molecule has 1 rings (SSSR count). The smallest absolute Gasteiger partial charge is 0.294 e. The average Bonchev–Trinajstić information content (AvgIpc) is 2.28. The quantitative estimate of drug-likeness (QED) is 0.272. The summed E-state index contributed by atoms with van der Waals surface area (Å²) in [7, 11) is -4.43. The number of nitrogens with one attached hydrogen (secondary N) is 1. The summed E-state index contributed by atoms with van der Waals surface area (Å²) in [5.74, 6) is 0. The van der Waals surface area contributed by atoms with Gasteiger partial charge >= 0.3 is 0 Å². The van der Waals surface area contributed by atoms with Gasteiger partial charge in [0.2, 0.25) is 0 Å². The van der Waals surface area contributed by atoms with Crippen LogP contribution in [-0.4, -0.2) is 54.0 Å². The maximum atomic E-state index is 10.9. The number of rotatable bonds is 6. The Balaban J connectivity index is 0.00000324. The Kier molecular flexibility index (Phi) is 7.53. The molecular weight excluding hydrogens is 283 g/mol. The van der Waals surface area contributed by atoms with Crippen LogP contribution in [0.2, 0.25) is 0 Å². The van der Waals surface area contributed by atoms with Gasteiger partial charge in [0.1, 0.15) is 10.6 Å². The number of hydrogen-bond donors (Lipinski definition) is 2. The molecule has 0 amide bonds. The fourth-order valence-corrected chi connectivity index (χ4v) is 1.87. The number of nitro groups is 1. The minimum Gasteiger partial charge on any atom is -0.379 e. The normalized spacial score (nSPS) is 10.6. The molecule has 1 aromatic rings. The molecule has 7 nitrogen and oxygen atoms in total. The monoisotopic (exact) mass is 297 g/mol. The molecule has 0 bridgehead atoms. The second-order valence-corrected chi connectivity index (χ2v) is 5.11. The van der Waals surface area contributed by atoms with E-state index in [1.807, 2.05) is 6.92 Å². The van der Waals surface area contributed by atoms with Gasteiger partial charge < -0.3 is 5.32 Å². The first-order chi connectivity index (χ1) is 8.36. The van der Waals surface area contributed by atoms with Gasteiger partial charge in [0, 0.05) is 42.2 Å². The van der Waals surface area contributed by atoms with E-state index in [9.17, 15) is 18.5 Å². The molecule has 0 aliphatic heterocycles. The van der Waals surface area contributed by atoms with Gasteiger partial charge in [0.15, 0.2) is 0 Å². The van der Waals surface area contributed by atoms with Crippen molar-refractivity contribution >= 4 is 51.1 Å². The number of nitro benzene ring substituents is 1. The second kappa shape index (κ2) is 7.81. The molecule has 9 heteroatoms. The van der Waals surface area contributed by atoms with E-state index in [1.165, 1.54) is 6.07 Å². The Hall–Kier alpha value is -0.670. The van der Waals surface area contributed by atoms with Crippen LogP contribution in [0.4, 0.5) is 11.4 Å². The molecule has 0 unspecified atom stereocenters. The maximum absolute atomic E-state index is 10.9. The molecular formula is C10H14N2NaO5S. The molecule has 0 aliphatic carbocycles. The van der Waals surface area contributed by atoms with E-state index in [2.05, 4.69) is 5.32 Å². The minimum atomic E-state index is -4.43. The van der Waals surface area contributed by atoms with Crippen LogP contribution in [0.25, 0.3) is 0 Å². The van der Waals surface area contributed by atoms with E-state index in [0.717, 1.165) is 25.0 Å². The van der Waals surface area contributed by atoms with Crippen molar-refractivity contribution in [2.24, 2.45) is 0 Å². The molecule has 0 spiro atoms. The number of benzene rings is 1. The Morgan fingerprint density at radius 2 is 2.05 bits per heavy atom. The van der Waals surface area contributed by atoms with Gasteiger partial charge in [-0.25, -0.2) is 0 Å². The van der Waals surface area contributed by atoms with Crippen LogP contribution in [0.1, 0.15) is 19.8 Å². The van der Waals surface area contributed by atoms with Gasteiger partial charge in [-0.05, 0) is 18.6 Å². The van der Waals surface area contributed by atoms with Crippen molar-refractivity contribution in [3.05, 3.63) is 28.3 Å². The molecule has 0 fully saturated rings. The summed E-state index contributed by atoms with van der Waals surface area (Å²) < 4.78 is 30.6. The minimum absolute atomic E-state index is 0. The zero-order chi connectivity index (χ0) is 13.8. The summed E-state index contributed by atoms with van der Waals surface area (Å²) in [5.41, 5.74) is -0.137. The van der Waals surface area contributed by atoms with Gasteiger partial charge in [0.25, 0.3) is 15.8 Å². The topological polar surface area (TPSA) is 110 Å². The Morgan fingerprint density at radius 1 is 1.42 bits per heavy atom. The van der Waals surface area contributed by atoms with Crippen LogP contribution >= 0.6 is 0 Å². The van der Waals surface area contributed by atoms with Crippen LogP contribution in [-0.2, 0) is 10.1 Å². The third-order valence-electron chi connectivity index (χ3n) is 2.31. The maximum Gasteiger partial charge on any atom is 0.294 e. The first kappa shape index (κ1) is 18.3. The molecule has 0 aliphatic rings. The Morgan fingerprint density at radius 3 is 2.53 bits per heavy atom. The molecule has 1 aromatic carbocycles. The summed E-state index contributed by atoms with van der Waals surface area (Å²) in [6.45, 7) is 2.54. The number of anilines is 1. The molecule has 19 heavy (non-hydrogen) atoms. The molecule has 0 aromatic heterocycles. The van der Waals surface area contributed by atoms with Crippen LogP contribution in [0, 0.1) is 10.1 Å². The first-order valence-electron chi connectivity index (χ1n) is 5.36. The molecule has 2 N–H and O–H groups in total. The Bertz CT molecular complexity index is 547. The van der Waals surface area contributed by atoms with Crippen LogP contribution in [0.15, 0.2) is 23.1 Å². The van der Waals surface area contributed by atoms with Gasteiger partial charge in [-0.15, -0.1) is 0 Å². The average molecular weight is 297 g/mol. The standard InChI is InChI=1S/C10H14N2O5S.Na/c1-2-3-6-11-9-5-4-8(18(15,16)17)7-10(9)12(13)14;/h4-5,7,11H,2-3,6H2,1H3,(H,15,16,17);. The van der Waals surface area contributed by atoms with E-state index < -0.39 is 19.9 Å². The second-order valence-electron chi connectivity index (χ2n) is 3.69. The molecule has 101 valence electrons. The van der Waals surface area contributed by atoms with Crippen LogP contribution < -0.4 is 5.32 Å². The fourth-order valence-electron chi connectivity index (χ4n) is 1.37. The number of hydrogen-bond acceptors (Lipinski definition) is 5. The summed E-state index contributed by atoms with van der Waals surface area (Å²) in [5, 5.41) is 13.7. The van der Waals surface area contributed by atoms with Crippen molar-refractivity contribution in [2.45, 2.75) is 24.7 Å². The van der Waals surface area contributed by atoms with Crippen molar-refractivity contribution in [3.8, 4) is 0 Å². The van der Waals surface area contributed by atoms with E-state index in [1.54, 1.807) is 0 Å². The van der Waals surface area contributed by atoms with Crippen molar-refractivity contribution in [1.29, 1.82) is 0 Å². The molecule has 0 heterocycles. The van der Waals surface area contributed by atoms with Gasteiger partial charge in [0.05, 0.1) is 4.92 Å². The summed E-state index contributed by atoms with van der Waals surface area (Å²) in [6.07, 6.45) is 1.78. The number of nitrogens with zero attached hydrogens (tertiary/aromatic N) is 1. The summed E-state index contributed by atoms with van der Waals surface area (Å²) in [6, 6.07) is 3.23. The van der Waals surface area contributed by atoms with Gasteiger partial charge in [-0.1, -0.05) is 13.3 Å². The Labute approximate surface area is 133 Å². The first-order valence-corrected chi connectivity index (χ1v) is 6.80. The molecule has 0 saturated carbocycles. The van der Waals surface area contributed by atoms with Crippen LogP contribution in [0.5, 0.6) is 0 Å². The third kappa shape index (κ3) is 5.45. The van der Waals surface area contributed by atoms with Crippen molar-refractivity contribution in [3.63, 3.8) is 0 Å². The van der Waals surface area contributed by atoms with E-state index in [0.29, 0.717) is 6.54 Å². The molecule has 0 atom stereocenters. The van der Waals surface area contributed by atoms with Crippen molar-refractivity contribution in [1.82, 2.24) is 0 Å². The van der Waals surface area contributed by atoms with Gasteiger partial charge in [-0.3, -0.25) is 14.7 Å². The predicted octanol–water partition coefficient (Wildman–Crippen LogP) is 1.67. The van der Waals surface area contributed by atoms with E-state index in [-0.39, 0.29) is 40.9 Å². The van der Waals surface area contributed by atoms with Crippen molar-refractivity contribution < 1.29 is 17.9 Å². The summed E-state index contributed by atoms with van der Waals surface area (Å²) >= 11 is 0. The third-order valence-corrected chi connectivity index (χ3v) is 3.16. The zero-order valence-electron chi connectivity index (χ0n) is 10.8. The van der Waals surface area contributed by atoms with Crippen LogP contribution in [0.3, 0.4) is 0 Å².